The molecule has 0 aromatic heterocycles. The van der Waals surface area contributed by atoms with E-state index in [-0.39, 0.29) is 33.2 Å². The van der Waals surface area contributed by atoms with Gasteiger partial charge in [-0.1, -0.05) is 80.4 Å². The summed E-state index contributed by atoms with van der Waals surface area (Å²) >= 11 is 12.6. The van der Waals surface area contributed by atoms with Gasteiger partial charge in [-0.3, -0.25) is 9.59 Å². The van der Waals surface area contributed by atoms with Gasteiger partial charge in [0.1, 0.15) is 11.5 Å². The monoisotopic (exact) mass is 650 g/mol. The van der Waals surface area contributed by atoms with Crippen LogP contribution in [0, 0.1) is 22.7 Å². The molecule has 6 unspecified atom stereocenters. The molecule has 0 spiro atoms. The van der Waals surface area contributed by atoms with Crippen LogP contribution in [0.4, 0.5) is 0 Å². The zero-order valence-electron chi connectivity index (χ0n) is 28.7. The highest BCUT2D eigenvalue weighted by atomic mass is 35.5. The molecule has 0 heterocycles. The van der Waals surface area contributed by atoms with Gasteiger partial charge in [-0.05, 0) is 155 Å². The molecule has 0 N–H and O–H groups in total. The molecule has 45 heavy (non-hydrogen) atoms. The maximum atomic E-state index is 12.8. The van der Waals surface area contributed by atoms with Gasteiger partial charge in [0.15, 0.2) is 0 Å². The van der Waals surface area contributed by atoms with E-state index in [0.29, 0.717) is 11.8 Å². The van der Waals surface area contributed by atoms with E-state index in [2.05, 4.69) is 79.7 Å². The Kier molecular flexibility index (Phi) is 8.38. The molecule has 6 rings (SSSR count). The first kappa shape index (κ1) is 33.1. The molecule has 3 nitrogen and oxygen atoms in total. The number of aryl methyl sites for hydroxylation is 2. The Morgan fingerprint density at radius 1 is 0.667 bits per heavy atom. The number of ether oxygens (including phenoxy) is 1. The average molecular weight is 652 g/mol. The Morgan fingerprint density at radius 3 is 1.38 bits per heavy atom. The number of hydrogen-bond acceptors (Lipinski definition) is 3. The molecule has 244 valence electrons. The fourth-order valence-corrected chi connectivity index (χ4v) is 11.2. The molecule has 2 aromatic carbocycles. The Balaban J connectivity index is 1.48. The SMILES string of the molecule is CC(C)c1cc2c(cc1Oc1cc3c(cc1C(C)C)CCC1C(C)(C(=O)Cl)CCCC31C)C1(C)CCCC(C)(C(=O)Cl)C1CC2. The van der Waals surface area contributed by atoms with Crippen LogP contribution in [-0.2, 0) is 33.3 Å². The molecular weight excluding hydrogens is 599 g/mol. The maximum absolute atomic E-state index is 12.8. The number of carbonyl (C=O) groups excluding carboxylic acids is 2. The van der Waals surface area contributed by atoms with E-state index in [9.17, 15) is 9.59 Å². The average Bonchev–Trinajstić information content (AvgIpc) is 2.96. The predicted molar refractivity (Wildman–Crippen MR) is 185 cm³/mol. The smallest absolute Gasteiger partial charge is 0.227 e. The number of halogens is 2. The Hall–Kier alpha value is -1.84. The van der Waals surface area contributed by atoms with Crippen LogP contribution >= 0.6 is 23.2 Å². The summed E-state index contributed by atoms with van der Waals surface area (Å²) in [5, 5.41) is -0.372. The van der Waals surface area contributed by atoms with Crippen LogP contribution in [0.2, 0.25) is 0 Å². The molecule has 0 amide bonds. The summed E-state index contributed by atoms with van der Waals surface area (Å²) in [5.41, 5.74) is 6.67. The third-order valence-electron chi connectivity index (χ3n) is 13.3. The molecule has 4 aliphatic rings. The zero-order chi connectivity index (χ0) is 32.7. The Bertz CT molecular complexity index is 1430. The summed E-state index contributed by atoms with van der Waals surface area (Å²) in [6, 6.07) is 9.46. The summed E-state index contributed by atoms with van der Waals surface area (Å²) in [6.07, 6.45) is 9.72. The van der Waals surface area contributed by atoms with Crippen LogP contribution in [0.1, 0.15) is 152 Å². The molecule has 0 saturated heterocycles. The van der Waals surface area contributed by atoms with Crippen molar-refractivity contribution >= 4 is 33.7 Å². The molecule has 2 fully saturated rings. The molecule has 2 aromatic rings. The van der Waals surface area contributed by atoms with Crippen molar-refractivity contribution in [3.63, 3.8) is 0 Å². The largest absolute Gasteiger partial charge is 0.457 e. The first-order valence-corrected chi connectivity index (χ1v) is 18.2. The lowest BCUT2D eigenvalue weighted by Gasteiger charge is -2.54. The summed E-state index contributed by atoms with van der Waals surface area (Å²) in [7, 11) is 0. The summed E-state index contributed by atoms with van der Waals surface area (Å²) in [4.78, 5) is 25.6. The summed E-state index contributed by atoms with van der Waals surface area (Å²) < 4.78 is 7.16. The quantitative estimate of drug-likeness (QED) is 0.292. The van der Waals surface area contributed by atoms with Gasteiger partial charge in [0.05, 0.1) is 0 Å². The molecule has 2 saturated carbocycles. The van der Waals surface area contributed by atoms with Crippen molar-refractivity contribution in [2.24, 2.45) is 22.7 Å². The van der Waals surface area contributed by atoms with Crippen LogP contribution in [0.15, 0.2) is 24.3 Å². The minimum absolute atomic E-state index is 0.128. The minimum Gasteiger partial charge on any atom is -0.457 e. The first-order chi connectivity index (χ1) is 21.1. The zero-order valence-corrected chi connectivity index (χ0v) is 30.2. The Morgan fingerprint density at radius 2 is 1.04 bits per heavy atom. The third-order valence-corrected chi connectivity index (χ3v) is 14.2. The van der Waals surface area contributed by atoms with Crippen molar-refractivity contribution < 1.29 is 14.3 Å². The van der Waals surface area contributed by atoms with Crippen molar-refractivity contribution in [2.75, 3.05) is 0 Å². The van der Waals surface area contributed by atoms with Gasteiger partial charge in [0.25, 0.3) is 0 Å². The molecular formula is C40H52Cl2O3. The first-order valence-electron chi connectivity index (χ1n) is 17.5. The van der Waals surface area contributed by atoms with Crippen molar-refractivity contribution in [1.82, 2.24) is 0 Å². The Labute approximate surface area is 281 Å². The van der Waals surface area contributed by atoms with Crippen LogP contribution in [0.3, 0.4) is 0 Å². The number of hydrogen-bond donors (Lipinski definition) is 0. The van der Waals surface area contributed by atoms with Crippen molar-refractivity contribution in [3.8, 4) is 11.5 Å². The van der Waals surface area contributed by atoms with E-state index < -0.39 is 10.8 Å². The molecule has 5 heteroatoms. The van der Waals surface area contributed by atoms with Crippen LogP contribution in [-0.4, -0.2) is 10.5 Å². The molecule has 4 aliphatic carbocycles. The lowest BCUT2D eigenvalue weighted by atomic mass is 9.50. The second-order valence-corrected chi connectivity index (χ2v) is 17.3. The van der Waals surface area contributed by atoms with Gasteiger partial charge in [0, 0.05) is 10.8 Å². The van der Waals surface area contributed by atoms with E-state index >= 15 is 0 Å². The van der Waals surface area contributed by atoms with E-state index in [4.69, 9.17) is 27.9 Å². The van der Waals surface area contributed by atoms with Gasteiger partial charge >= 0.3 is 0 Å². The van der Waals surface area contributed by atoms with Gasteiger partial charge < -0.3 is 4.74 Å². The van der Waals surface area contributed by atoms with E-state index in [1.165, 1.54) is 33.4 Å². The topological polar surface area (TPSA) is 43.4 Å². The van der Waals surface area contributed by atoms with E-state index in [1.807, 2.05) is 0 Å². The van der Waals surface area contributed by atoms with E-state index in [1.54, 1.807) is 0 Å². The van der Waals surface area contributed by atoms with Gasteiger partial charge in [-0.2, -0.15) is 0 Å². The van der Waals surface area contributed by atoms with Gasteiger partial charge in [-0.25, -0.2) is 0 Å². The molecule has 0 aliphatic heterocycles. The summed E-state index contributed by atoms with van der Waals surface area (Å²) in [6.45, 7) is 17.9. The lowest BCUT2D eigenvalue weighted by molar-refractivity contribution is -0.128. The molecule has 0 radical (unpaired) electrons. The lowest BCUT2D eigenvalue weighted by Crippen LogP contribution is -2.51. The van der Waals surface area contributed by atoms with Crippen LogP contribution < -0.4 is 4.74 Å². The van der Waals surface area contributed by atoms with Gasteiger partial charge in [0.2, 0.25) is 10.5 Å². The van der Waals surface area contributed by atoms with Crippen molar-refractivity contribution in [3.05, 3.63) is 57.6 Å². The fraction of sp³-hybridized carbons (Fsp3) is 0.650. The number of rotatable bonds is 6. The predicted octanol–water partition coefficient (Wildman–Crippen LogP) is 11.3. The number of fused-ring (bicyclic) bond motifs is 6. The second-order valence-electron chi connectivity index (χ2n) is 16.6. The molecule has 0 bridgehead atoms. The van der Waals surface area contributed by atoms with Crippen LogP contribution in [0.25, 0.3) is 0 Å². The van der Waals surface area contributed by atoms with Crippen molar-refractivity contribution in [2.45, 2.75) is 142 Å². The van der Waals surface area contributed by atoms with Crippen LogP contribution in [0.5, 0.6) is 11.5 Å². The number of carbonyl (C=O) groups is 2. The fourth-order valence-electron chi connectivity index (χ4n) is 10.7. The minimum atomic E-state index is -0.502. The second kappa shape index (κ2) is 11.4. The van der Waals surface area contributed by atoms with Gasteiger partial charge in [-0.15, -0.1) is 0 Å². The highest BCUT2D eigenvalue weighted by Gasteiger charge is 2.56. The summed E-state index contributed by atoms with van der Waals surface area (Å²) in [5.74, 6) is 2.88. The third kappa shape index (κ3) is 5.04. The standard InChI is InChI=1S/C40H52Cl2O3/c1-23(2)27-19-25-11-13-33-37(5,15-9-17-39(33,7)35(41)43)29(25)21-31(27)45-32-22-30-26(20-28(32)24(3)4)12-14-34-38(30,6)16-10-18-40(34,8)36(42)44/h19-24,33-34H,9-18H2,1-8H3. The van der Waals surface area contributed by atoms with Crippen molar-refractivity contribution in [1.29, 1.82) is 0 Å². The number of benzene rings is 2. The highest BCUT2D eigenvalue weighted by Crippen LogP contribution is 2.61. The normalized spacial score (nSPS) is 34.0. The maximum Gasteiger partial charge on any atom is 0.227 e. The highest BCUT2D eigenvalue weighted by molar-refractivity contribution is 6.65. The van der Waals surface area contributed by atoms with E-state index in [0.717, 1.165) is 75.7 Å². The molecule has 6 atom stereocenters.